The van der Waals surface area contributed by atoms with Crippen LogP contribution in [0.15, 0.2) is 24.3 Å². The molecule has 0 spiro atoms. The summed E-state index contributed by atoms with van der Waals surface area (Å²) in [5.74, 6) is -0.199. The van der Waals surface area contributed by atoms with Gasteiger partial charge >= 0.3 is 0 Å². The maximum Gasteiger partial charge on any atom is 0.268 e. The summed E-state index contributed by atoms with van der Waals surface area (Å²) >= 11 is 0. The molecule has 0 bridgehead atoms. The van der Waals surface area contributed by atoms with E-state index in [1.807, 2.05) is 27.2 Å². The van der Waals surface area contributed by atoms with Crippen molar-refractivity contribution in [1.29, 1.82) is 0 Å². The Labute approximate surface area is 373 Å². The molecule has 356 valence electrons. The third-order valence-corrected chi connectivity index (χ3v) is 12.6. The summed E-state index contributed by atoms with van der Waals surface area (Å²) in [6.45, 7) is 4.67. The number of phosphoric ester groups is 1. The zero-order chi connectivity index (χ0) is 44.3. The molecule has 3 atom stereocenters. The van der Waals surface area contributed by atoms with E-state index in [1.165, 1.54) is 186 Å². The minimum Gasteiger partial charge on any atom is -0.756 e. The molecule has 0 aromatic heterocycles. The summed E-state index contributed by atoms with van der Waals surface area (Å²) in [5.41, 5.74) is 0. The van der Waals surface area contributed by atoms with Gasteiger partial charge in [0.15, 0.2) is 0 Å². The second kappa shape index (κ2) is 43.2. The van der Waals surface area contributed by atoms with E-state index in [0.717, 1.165) is 38.5 Å². The van der Waals surface area contributed by atoms with Crippen LogP contribution in [0.2, 0.25) is 0 Å². The summed E-state index contributed by atoms with van der Waals surface area (Å²) in [4.78, 5) is 25.4. The molecule has 0 aliphatic rings. The number of carbonyl (C=O) groups excluding carboxylic acids is 1. The van der Waals surface area contributed by atoms with Crippen LogP contribution in [-0.2, 0) is 18.4 Å². The summed E-state index contributed by atoms with van der Waals surface area (Å²) in [7, 11) is 1.27. The molecule has 8 nitrogen and oxygen atoms in total. The second-order valence-electron chi connectivity index (χ2n) is 18.9. The lowest BCUT2D eigenvalue weighted by Crippen LogP contribution is -2.45. The zero-order valence-corrected chi connectivity index (χ0v) is 41.3. The third-order valence-electron chi connectivity index (χ3n) is 11.7. The molecule has 0 rings (SSSR count). The van der Waals surface area contributed by atoms with Gasteiger partial charge in [-0.05, 0) is 44.9 Å². The molecule has 0 fully saturated rings. The highest BCUT2D eigenvalue weighted by Gasteiger charge is 2.23. The van der Waals surface area contributed by atoms with Gasteiger partial charge in [-0.3, -0.25) is 9.36 Å². The first kappa shape index (κ1) is 59.0. The fraction of sp³-hybridized carbons (Fsp3) is 0.902. The van der Waals surface area contributed by atoms with Crippen molar-refractivity contribution >= 4 is 13.7 Å². The average molecular weight is 869 g/mol. The van der Waals surface area contributed by atoms with Crippen molar-refractivity contribution in [1.82, 2.24) is 5.32 Å². The van der Waals surface area contributed by atoms with Crippen molar-refractivity contribution in [2.75, 3.05) is 40.9 Å². The van der Waals surface area contributed by atoms with E-state index in [1.54, 1.807) is 6.08 Å². The van der Waals surface area contributed by atoms with Crippen LogP contribution in [0.5, 0.6) is 0 Å². The molecule has 0 aromatic rings. The number of phosphoric acid groups is 1. The number of rotatable bonds is 47. The van der Waals surface area contributed by atoms with E-state index >= 15 is 0 Å². The molecule has 1 amide bonds. The zero-order valence-electron chi connectivity index (χ0n) is 40.4. The topological polar surface area (TPSA) is 108 Å². The van der Waals surface area contributed by atoms with Crippen LogP contribution in [0.4, 0.5) is 0 Å². The number of unbranched alkanes of at least 4 members (excludes halogenated alkanes) is 32. The Kier molecular flexibility index (Phi) is 42.5. The quantitative estimate of drug-likeness (QED) is 0.0273. The third kappa shape index (κ3) is 45.0. The van der Waals surface area contributed by atoms with Gasteiger partial charge in [-0.1, -0.05) is 218 Å². The van der Waals surface area contributed by atoms with Gasteiger partial charge in [0.2, 0.25) is 5.91 Å². The molecule has 2 N–H and O–H groups in total. The van der Waals surface area contributed by atoms with Crippen LogP contribution in [0.1, 0.15) is 245 Å². The van der Waals surface area contributed by atoms with Gasteiger partial charge in [0.05, 0.1) is 39.9 Å². The van der Waals surface area contributed by atoms with Gasteiger partial charge in [0.1, 0.15) is 13.2 Å². The fourth-order valence-electron chi connectivity index (χ4n) is 7.56. The highest BCUT2D eigenvalue weighted by molar-refractivity contribution is 7.45. The summed E-state index contributed by atoms with van der Waals surface area (Å²) in [6.07, 6.45) is 52.3. The number of carbonyl (C=O) groups is 1. The molecule has 0 aliphatic heterocycles. The van der Waals surface area contributed by atoms with Gasteiger partial charge < -0.3 is 28.8 Å². The Hall–Kier alpha value is -1.02. The lowest BCUT2D eigenvalue weighted by molar-refractivity contribution is -0.870. The molecule has 0 aliphatic carbocycles. The van der Waals surface area contributed by atoms with Gasteiger partial charge in [0.25, 0.3) is 7.82 Å². The number of amides is 1. The van der Waals surface area contributed by atoms with E-state index in [-0.39, 0.29) is 19.1 Å². The van der Waals surface area contributed by atoms with Gasteiger partial charge in [-0.15, -0.1) is 0 Å². The van der Waals surface area contributed by atoms with E-state index in [9.17, 15) is 19.4 Å². The molecule has 3 unspecified atom stereocenters. The Morgan fingerprint density at radius 2 is 0.917 bits per heavy atom. The average Bonchev–Trinajstić information content (AvgIpc) is 3.20. The van der Waals surface area contributed by atoms with Crippen LogP contribution in [0.3, 0.4) is 0 Å². The first-order valence-corrected chi connectivity index (χ1v) is 27.2. The van der Waals surface area contributed by atoms with Crippen LogP contribution in [0, 0.1) is 0 Å². The van der Waals surface area contributed by atoms with Crippen molar-refractivity contribution in [3.8, 4) is 0 Å². The number of hydrogen-bond donors (Lipinski definition) is 2. The Bertz CT molecular complexity index is 1030. The number of quaternary nitrogens is 1. The van der Waals surface area contributed by atoms with Crippen molar-refractivity contribution in [2.45, 2.75) is 257 Å². The fourth-order valence-corrected chi connectivity index (χ4v) is 8.28. The number of allylic oxidation sites excluding steroid dienone is 3. The predicted octanol–water partition coefficient (Wildman–Crippen LogP) is 14.2. The van der Waals surface area contributed by atoms with Gasteiger partial charge in [0, 0.05) is 6.42 Å². The maximum atomic E-state index is 12.9. The van der Waals surface area contributed by atoms with Crippen molar-refractivity contribution in [3.63, 3.8) is 0 Å². The number of nitrogens with one attached hydrogen (secondary N) is 1. The Balaban J connectivity index is 4.31. The number of nitrogens with zero attached hydrogens (tertiary/aromatic N) is 1. The second-order valence-corrected chi connectivity index (χ2v) is 20.3. The minimum absolute atomic E-state index is 0.000440. The van der Waals surface area contributed by atoms with Crippen molar-refractivity contribution in [2.24, 2.45) is 0 Å². The number of aliphatic hydroxyl groups excluding tert-OH is 1. The molecule has 0 aromatic carbocycles. The number of likely N-dealkylation sites (N-methyl/N-ethyl adjacent to an activating group) is 1. The summed E-state index contributed by atoms with van der Waals surface area (Å²) < 4.78 is 23.3. The number of aliphatic hydroxyl groups is 1. The molecule has 0 saturated heterocycles. The molecule has 9 heteroatoms. The van der Waals surface area contributed by atoms with Crippen molar-refractivity contribution in [3.05, 3.63) is 24.3 Å². The smallest absolute Gasteiger partial charge is 0.268 e. The molecule has 0 saturated carbocycles. The summed E-state index contributed by atoms with van der Waals surface area (Å²) in [5, 5.41) is 13.8. The standard InChI is InChI=1S/C51H101N2O6P/c1-6-8-10-12-14-16-18-20-22-24-26-27-29-31-33-35-37-39-41-43-45-51(55)52-49(48-59-60(56,57)58-47-46-53(3,4)5)50(54)44-42-40-38-36-34-32-30-28-25-23-21-19-17-15-13-11-9-7-2/h26-27,42,44,49-50,54H,6-25,28-41,43,45-48H2,1-5H3,(H-,52,55,56,57)/b27-26-,44-42+. The Morgan fingerprint density at radius 1 is 0.567 bits per heavy atom. The maximum absolute atomic E-state index is 12.9. The lowest BCUT2D eigenvalue weighted by Gasteiger charge is -2.29. The largest absolute Gasteiger partial charge is 0.756 e. The van der Waals surface area contributed by atoms with Crippen LogP contribution < -0.4 is 10.2 Å². The first-order valence-electron chi connectivity index (χ1n) is 25.7. The van der Waals surface area contributed by atoms with Gasteiger partial charge in [-0.2, -0.15) is 0 Å². The molecular formula is C51H101N2O6P. The first-order chi connectivity index (χ1) is 29.0. The molecular weight excluding hydrogens is 768 g/mol. The molecule has 0 radical (unpaired) electrons. The van der Waals surface area contributed by atoms with E-state index in [4.69, 9.17) is 9.05 Å². The van der Waals surface area contributed by atoms with Crippen molar-refractivity contribution < 1.29 is 32.9 Å². The molecule has 0 heterocycles. The van der Waals surface area contributed by atoms with Crippen LogP contribution >= 0.6 is 7.82 Å². The van der Waals surface area contributed by atoms with E-state index in [2.05, 4.69) is 31.3 Å². The van der Waals surface area contributed by atoms with Gasteiger partial charge in [-0.25, -0.2) is 0 Å². The predicted molar refractivity (Wildman–Crippen MR) is 256 cm³/mol. The number of hydrogen-bond acceptors (Lipinski definition) is 6. The van der Waals surface area contributed by atoms with E-state index in [0.29, 0.717) is 17.4 Å². The lowest BCUT2D eigenvalue weighted by atomic mass is 10.0. The summed E-state index contributed by atoms with van der Waals surface area (Å²) in [6, 6.07) is -0.886. The van der Waals surface area contributed by atoms with Crippen LogP contribution in [0.25, 0.3) is 0 Å². The monoisotopic (exact) mass is 869 g/mol. The molecule has 60 heavy (non-hydrogen) atoms. The SMILES string of the molecule is CCCCCCCCCCC/C=C\CCCCCCCCCC(=O)NC(COP(=O)([O-])OCC[N+](C)(C)C)C(O)/C=C/CCCCCCCCCCCCCCCCCC. The highest BCUT2D eigenvalue weighted by atomic mass is 31.2. The van der Waals surface area contributed by atoms with Crippen LogP contribution in [-0.4, -0.2) is 68.5 Å². The normalized spacial score (nSPS) is 14.3. The Morgan fingerprint density at radius 3 is 1.30 bits per heavy atom. The minimum atomic E-state index is -4.59. The van der Waals surface area contributed by atoms with E-state index < -0.39 is 20.0 Å². The highest BCUT2D eigenvalue weighted by Crippen LogP contribution is 2.38.